The van der Waals surface area contributed by atoms with Gasteiger partial charge in [-0.2, -0.15) is 0 Å². The van der Waals surface area contributed by atoms with E-state index in [0.29, 0.717) is 22.5 Å². The predicted molar refractivity (Wildman–Crippen MR) is 86.5 cm³/mol. The van der Waals surface area contributed by atoms with Gasteiger partial charge in [-0.25, -0.2) is 12.7 Å². The highest BCUT2D eigenvalue weighted by molar-refractivity contribution is 9.10. The van der Waals surface area contributed by atoms with Crippen molar-refractivity contribution in [3.8, 4) is 0 Å². The average molecular weight is 376 g/mol. The molecule has 6 heteroatoms. The minimum Gasteiger partial charge on any atom is -0.392 e. The number of aliphatic hydroxyl groups excluding tert-OH is 1. The van der Waals surface area contributed by atoms with Crippen molar-refractivity contribution >= 4 is 26.0 Å². The molecule has 1 aliphatic carbocycles. The highest BCUT2D eigenvalue weighted by Crippen LogP contribution is 2.29. The van der Waals surface area contributed by atoms with Crippen LogP contribution < -0.4 is 0 Å². The van der Waals surface area contributed by atoms with Gasteiger partial charge in [-0.15, -0.1) is 0 Å². The van der Waals surface area contributed by atoms with Gasteiger partial charge in [-0.1, -0.05) is 25.3 Å². The number of rotatable bonds is 5. The van der Waals surface area contributed by atoms with Crippen LogP contribution in [-0.2, 0) is 16.6 Å². The summed E-state index contributed by atoms with van der Waals surface area (Å²) in [5.74, 6) is 0.457. The van der Waals surface area contributed by atoms with E-state index in [1.807, 2.05) is 0 Å². The maximum absolute atomic E-state index is 12.7. The van der Waals surface area contributed by atoms with Crippen molar-refractivity contribution in [2.75, 3.05) is 13.6 Å². The first kappa shape index (κ1) is 16.9. The van der Waals surface area contributed by atoms with Crippen LogP contribution in [0.25, 0.3) is 0 Å². The van der Waals surface area contributed by atoms with Crippen LogP contribution in [0, 0.1) is 5.92 Å². The lowest BCUT2D eigenvalue weighted by Crippen LogP contribution is -2.33. The molecule has 1 saturated carbocycles. The van der Waals surface area contributed by atoms with Gasteiger partial charge in [-0.3, -0.25) is 0 Å². The van der Waals surface area contributed by atoms with Gasteiger partial charge >= 0.3 is 0 Å². The zero-order valence-corrected chi connectivity index (χ0v) is 14.7. The molecule has 21 heavy (non-hydrogen) atoms. The Kier molecular flexibility index (Phi) is 5.82. The molecule has 0 amide bonds. The third kappa shape index (κ3) is 4.06. The first-order valence-corrected chi connectivity index (χ1v) is 9.54. The standard InChI is InChI=1S/C15H22BrNO3S/c1-17(10-12-5-3-2-4-6-12)21(19,20)15-9-13(11-18)7-8-14(15)16/h7-9,12,18H,2-6,10-11H2,1H3. The summed E-state index contributed by atoms with van der Waals surface area (Å²) in [6.07, 6.45) is 5.87. The van der Waals surface area contributed by atoms with Crippen LogP contribution in [0.15, 0.2) is 27.6 Å². The average Bonchev–Trinajstić information content (AvgIpc) is 2.48. The fourth-order valence-corrected chi connectivity index (χ4v) is 5.06. The molecule has 1 aromatic carbocycles. The van der Waals surface area contributed by atoms with Crippen LogP contribution in [0.3, 0.4) is 0 Å². The zero-order chi connectivity index (χ0) is 15.5. The molecule has 1 fully saturated rings. The number of hydrogen-bond donors (Lipinski definition) is 1. The monoisotopic (exact) mass is 375 g/mol. The Morgan fingerprint density at radius 1 is 1.29 bits per heavy atom. The number of hydrogen-bond acceptors (Lipinski definition) is 3. The highest BCUT2D eigenvalue weighted by Gasteiger charge is 2.26. The Bertz CT molecular complexity index is 583. The Hall–Kier alpha value is -0.430. The van der Waals surface area contributed by atoms with Gasteiger partial charge in [0.05, 0.1) is 11.5 Å². The van der Waals surface area contributed by atoms with E-state index in [1.54, 1.807) is 19.2 Å². The van der Waals surface area contributed by atoms with Crippen LogP contribution in [0.2, 0.25) is 0 Å². The van der Waals surface area contributed by atoms with Crippen molar-refractivity contribution in [2.45, 2.75) is 43.6 Å². The van der Waals surface area contributed by atoms with Gasteiger partial charge in [0.25, 0.3) is 0 Å². The van der Waals surface area contributed by atoms with Crippen LogP contribution in [-0.4, -0.2) is 31.4 Å². The zero-order valence-electron chi connectivity index (χ0n) is 12.3. The predicted octanol–water partition coefficient (Wildman–Crippen LogP) is 3.14. The fourth-order valence-electron chi connectivity index (χ4n) is 2.84. The van der Waals surface area contributed by atoms with E-state index >= 15 is 0 Å². The topological polar surface area (TPSA) is 57.6 Å². The lowest BCUT2D eigenvalue weighted by Gasteiger charge is -2.27. The van der Waals surface area contributed by atoms with E-state index < -0.39 is 10.0 Å². The fraction of sp³-hybridized carbons (Fsp3) is 0.600. The van der Waals surface area contributed by atoms with Gasteiger partial charge in [0.2, 0.25) is 10.0 Å². The van der Waals surface area contributed by atoms with Crippen molar-refractivity contribution in [1.82, 2.24) is 4.31 Å². The molecule has 0 aliphatic heterocycles. The van der Waals surface area contributed by atoms with Gasteiger partial charge in [0.15, 0.2) is 0 Å². The van der Waals surface area contributed by atoms with Gasteiger partial charge in [0, 0.05) is 18.1 Å². The summed E-state index contributed by atoms with van der Waals surface area (Å²) in [5, 5.41) is 9.19. The van der Waals surface area contributed by atoms with E-state index in [0.717, 1.165) is 12.8 Å². The normalized spacial score (nSPS) is 17.3. The largest absolute Gasteiger partial charge is 0.392 e. The minimum absolute atomic E-state index is 0.165. The molecule has 1 aromatic rings. The summed E-state index contributed by atoms with van der Waals surface area (Å²) in [7, 11) is -1.89. The molecular formula is C15H22BrNO3S. The van der Waals surface area contributed by atoms with Gasteiger partial charge in [-0.05, 0) is 52.4 Å². The molecule has 0 atom stereocenters. The molecule has 0 aromatic heterocycles. The summed E-state index contributed by atoms with van der Waals surface area (Å²) in [4.78, 5) is 0.229. The smallest absolute Gasteiger partial charge is 0.243 e. The number of aliphatic hydroxyl groups is 1. The van der Waals surface area contributed by atoms with Crippen LogP contribution in [0.1, 0.15) is 37.7 Å². The van der Waals surface area contributed by atoms with Crippen LogP contribution >= 0.6 is 15.9 Å². The van der Waals surface area contributed by atoms with Gasteiger partial charge in [0.1, 0.15) is 0 Å². The second kappa shape index (κ2) is 7.22. The Labute approximate surface area is 135 Å². The van der Waals surface area contributed by atoms with E-state index in [1.165, 1.54) is 29.6 Å². The summed E-state index contributed by atoms with van der Waals surface area (Å²) < 4.78 is 27.4. The maximum atomic E-state index is 12.7. The molecule has 0 saturated heterocycles. The Morgan fingerprint density at radius 2 is 1.95 bits per heavy atom. The minimum atomic E-state index is -3.53. The SMILES string of the molecule is CN(CC1CCCCC1)S(=O)(=O)c1cc(CO)ccc1Br. The van der Waals surface area contributed by atoms with E-state index in [4.69, 9.17) is 0 Å². The number of sulfonamides is 1. The Balaban J connectivity index is 2.20. The molecule has 0 heterocycles. The highest BCUT2D eigenvalue weighted by atomic mass is 79.9. The lowest BCUT2D eigenvalue weighted by molar-refractivity contribution is 0.281. The molecule has 1 N–H and O–H groups in total. The summed E-state index contributed by atoms with van der Waals surface area (Å²) in [5.41, 5.74) is 0.600. The Morgan fingerprint density at radius 3 is 2.57 bits per heavy atom. The molecule has 0 bridgehead atoms. The molecule has 1 aliphatic rings. The molecule has 2 rings (SSSR count). The molecule has 0 spiro atoms. The molecule has 4 nitrogen and oxygen atoms in total. The van der Waals surface area contributed by atoms with E-state index in [2.05, 4.69) is 15.9 Å². The van der Waals surface area contributed by atoms with Crippen molar-refractivity contribution in [2.24, 2.45) is 5.92 Å². The molecule has 0 unspecified atom stereocenters. The van der Waals surface area contributed by atoms with Crippen molar-refractivity contribution < 1.29 is 13.5 Å². The first-order chi connectivity index (χ1) is 9.95. The maximum Gasteiger partial charge on any atom is 0.243 e. The van der Waals surface area contributed by atoms with Crippen LogP contribution in [0.5, 0.6) is 0 Å². The molecule has 0 radical (unpaired) electrons. The number of halogens is 1. The van der Waals surface area contributed by atoms with Crippen LogP contribution in [0.4, 0.5) is 0 Å². The number of nitrogens with zero attached hydrogens (tertiary/aromatic N) is 1. The quantitative estimate of drug-likeness (QED) is 0.859. The summed E-state index contributed by atoms with van der Waals surface area (Å²) in [6, 6.07) is 4.92. The van der Waals surface area contributed by atoms with Crippen molar-refractivity contribution in [1.29, 1.82) is 0 Å². The lowest BCUT2D eigenvalue weighted by atomic mass is 9.89. The summed E-state index contributed by atoms with van der Waals surface area (Å²) in [6.45, 7) is 0.403. The van der Waals surface area contributed by atoms with Crippen molar-refractivity contribution in [3.63, 3.8) is 0 Å². The van der Waals surface area contributed by atoms with E-state index in [-0.39, 0.29) is 11.5 Å². The summed E-state index contributed by atoms with van der Waals surface area (Å²) >= 11 is 3.30. The van der Waals surface area contributed by atoms with E-state index in [9.17, 15) is 13.5 Å². The first-order valence-electron chi connectivity index (χ1n) is 7.31. The van der Waals surface area contributed by atoms with Crippen molar-refractivity contribution in [3.05, 3.63) is 28.2 Å². The third-order valence-corrected chi connectivity index (χ3v) is 6.92. The second-order valence-electron chi connectivity index (χ2n) is 5.71. The second-order valence-corrected chi connectivity index (χ2v) is 8.58. The third-order valence-electron chi connectivity index (χ3n) is 4.11. The molecular weight excluding hydrogens is 354 g/mol. The molecule has 118 valence electrons. The van der Waals surface area contributed by atoms with Gasteiger partial charge < -0.3 is 5.11 Å². The number of benzene rings is 1.